The Labute approximate surface area is 145 Å². The van der Waals surface area contributed by atoms with Gasteiger partial charge in [-0.05, 0) is 75.2 Å². The van der Waals surface area contributed by atoms with Crippen molar-refractivity contribution in [3.8, 4) is 0 Å². The molecule has 0 unspecified atom stereocenters. The van der Waals surface area contributed by atoms with Crippen molar-refractivity contribution in [2.24, 2.45) is 23.2 Å². The number of hydrogen-bond donors (Lipinski definition) is 2. The van der Waals surface area contributed by atoms with Crippen molar-refractivity contribution in [2.75, 3.05) is 33.2 Å². The summed E-state index contributed by atoms with van der Waals surface area (Å²) in [5.41, 5.74) is 0.376. The van der Waals surface area contributed by atoms with Gasteiger partial charge in [-0.2, -0.15) is 0 Å². The summed E-state index contributed by atoms with van der Waals surface area (Å²) in [5, 5.41) is 6.02. The Bertz CT molecular complexity index is 442. The van der Waals surface area contributed by atoms with Crippen LogP contribution in [0.3, 0.4) is 0 Å². The lowest BCUT2D eigenvalue weighted by molar-refractivity contribution is -0.125. The van der Waals surface area contributed by atoms with Crippen molar-refractivity contribution in [3.63, 3.8) is 0 Å². The molecule has 0 atom stereocenters. The Morgan fingerprint density at radius 2 is 1.46 bits per heavy atom. The molecule has 24 heavy (non-hydrogen) atoms. The van der Waals surface area contributed by atoms with Gasteiger partial charge in [0, 0.05) is 13.1 Å². The van der Waals surface area contributed by atoms with Crippen molar-refractivity contribution in [1.82, 2.24) is 15.5 Å². The van der Waals surface area contributed by atoms with Crippen LogP contribution in [-0.2, 0) is 9.59 Å². The largest absolute Gasteiger partial charge is 0.355 e. The van der Waals surface area contributed by atoms with E-state index in [0.29, 0.717) is 18.5 Å². The third kappa shape index (κ3) is 4.29. The van der Waals surface area contributed by atoms with Crippen LogP contribution in [0, 0.1) is 23.2 Å². The summed E-state index contributed by atoms with van der Waals surface area (Å²) in [4.78, 5) is 25.7. The fourth-order valence-corrected chi connectivity index (χ4v) is 5.72. The van der Waals surface area contributed by atoms with E-state index in [4.69, 9.17) is 0 Å². The normalized spacial score (nSPS) is 33.7. The maximum atomic E-state index is 12.3. The molecular weight excluding hydrogens is 302 g/mol. The molecule has 0 aliphatic heterocycles. The Morgan fingerprint density at radius 1 is 0.958 bits per heavy atom. The summed E-state index contributed by atoms with van der Waals surface area (Å²) >= 11 is 0. The fourth-order valence-electron chi connectivity index (χ4n) is 5.72. The number of nitrogens with one attached hydrogen (secondary N) is 2. The Kier molecular flexibility index (Phi) is 5.48. The lowest BCUT2D eigenvalue weighted by atomic mass is 9.49. The number of hydrogen-bond acceptors (Lipinski definition) is 3. The van der Waals surface area contributed by atoms with E-state index in [2.05, 4.69) is 10.6 Å². The van der Waals surface area contributed by atoms with Crippen LogP contribution in [0.2, 0.25) is 0 Å². The zero-order valence-corrected chi connectivity index (χ0v) is 15.3. The summed E-state index contributed by atoms with van der Waals surface area (Å²) < 4.78 is 0. The molecule has 4 aliphatic carbocycles. The topological polar surface area (TPSA) is 61.4 Å². The second kappa shape index (κ2) is 7.42. The van der Waals surface area contributed by atoms with Gasteiger partial charge in [-0.15, -0.1) is 0 Å². The van der Waals surface area contributed by atoms with Crippen LogP contribution in [0.4, 0.5) is 0 Å². The smallest absolute Gasteiger partial charge is 0.234 e. The Balaban J connectivity index is 1.40. The first-order chi connectivity index (χ1) is 11.5. The molecule has 0 radical (unpaired) electrons. The molecule has 2 amide bonds. The lowest BCUT2D eigenvalue weighted by Gasteiger charge is -2.56. The van der Waals surface area contributed by atoms with Gasteiger partial charge in [0.15, 0.2) is 0 Å². The molecule has 0 aromatic carbocycles. The minimum Gasteiger partial charge on any atom is -0.355 e. The first-order valence-electron chi connectivity index (χ1n) is 9.70. The highest BCUT2D eigenvalue weighted by atomic mass is 16.2. The van der Waals surface area contributed by atoms with Gasteiger partial charge in [-0.1, -0.05) is 6.92 Å². The molecule has 0 aromatic heterocycles. The molecule has 0 aromatic rings. The minimum atomic E-state index is -0.00626. The molecule has 5 heteroatoms. The van der Waals surface area contributed by atoms with E-state index in [9.17, 15) is 9.59 Å². The average Bonchev–Trinajstić information content (AvgIpc) is 2.49. The van der Waals surface area contributed by atoms with Crippen LogP contribution in [0.5, 0.6) is 0 Å². The summed E-state index contributed by atoms with van der Waals surface area (Å²) in [6.45, 7) is 4.15. The molecule has 2 N–H and O–H groups in total. The van der Waals surface area contributed by atoms with Gasteiger partial charge in [-0.3, -0.25) is 14.5 Å². The highest BCUT2D eigenvalue weighted by Gasteiger charge is 2.50. The standard InChI is InChI=1S/C19H33N3O2/c1-3-4-20-17(23)11-22(2)12-18(24)21-13-19-8-14-5-15(9-19)7-16(6-14)10-19/h14-16H,3-13H2,1-2H3,(H,20,23)(H,21,24). The second-order valence-corrected chi connectivity index (χ2v) is 8.72. The maximum absolute atomic E-state index is 12.3. The molecule has 4 bridgehead atoms. The summed E-state index contributed by atoms with van der Waals surface area (Å²) in [6, 6.07) is 0. The molecule has 0 heterocycles. The van der Waals surface area contributed by atoms with E-state index in [1.54, 1.807) is 4.90 Å². The number of nitrogens with zero attached hydrogens (tertiary/aromatic N) is 1. The van der Waals surface area contributed by atoms with Gasteiger partial charge in [0.1, 0.15) is 0 Å². The molecular formula is C19H33N3O2. The summed E-state index contributed by atoms with van der Waals surface area (Å²) in [5.74, 6) is 2.79. The molecule has 5 nitrogen and oxygen atoms in total. The van der Waals surface area contributed by atoms with Gasteiger partial charge < -0.3 is 10.6 Å². The van der Waals surface area contributed by atoms with Crippen LogP contribution < -0.4 is 10.6 Å². The van der Waals surface area contributed by atoms with Crippen molar-refractivity contribution < 1.29 is 9.59 Å². The van der Waals surface area contributed by atoms with Crippen LogP contribution in [-0.4, -0.2) is 49.9 Å². The SMILES string of the molecule is CCCNC(=O)CN(C)CC(=O)NCC12CC3CC(CC(C3)C1)C2. The zero-order chi connectivity index (χ0) is 17.2. The van der Waals surface area contributed by atoms with Crippen LogP contribution in [0.15, 0.2) is 0 Å². The van der Waals surface area contributed by atoms with Crippen molar-refractivity contribution in [1.29, 1.82) is 0 Å². The van der Waals surface area contributed by atoms with Crippen LogP contribution in [0.1, 0.15) is 51.9 Å². The number of carbonyl (C=O) groups excluding carboxylic acids is 2. The fraction of sp³-hybridized carbons (Fsp3) is 0.895. The number of rotatable bonds is 8. The highest BCUT2D eigenvalue weighted by Crippen LogP contribution is 2.59. The van der Waals surface area contributed by atoms with E-state index >= 15 is 0 Å². The maximum Gasteiger partial charge on any atom is 0.234 e. The molecule has 136 valence electrons. The van der Waals surface area contributed by atoms with Gasteiger partial charge in [0.05, 0.1) is 13.1 Å². The Hall–Kier alpha value is -1.10. The van der Waals surface area contributed by atoms with E-state index in [-0.39, 0.29) is 18.4 Å². The van der Waals surface area contributed by atoms with E-state index < -0.39 is 0 Å². The molecule has 4 fully saturated rings. The quantitative estimate of drug-likeness (QED) is 0.711. The highest BCUT2D eigenvalue weighted by molar-refractivity contribution is 5.81. The predicted molar refractivity (Wildman–Crippen MR) is 94.4 cm³/mol. The third-order valence-electron chi connectivity index (χ3n) is 6.22. The van der Waals surface area contributed by atoms with Gasteiger partial charge in [0.2, 0.25) is 11.8 Å². The minimum absolute atomic E-state index is 0.00626. The Morgan fingerprint density at radius 3 is 1.96 bits per heavy atom. The molecule has 0 saturated heterocycles. The van der Waals surface area contributed by atoms with Gasteiger partial charge >= 0.3 is 0 Å². The summed E-state index contributed by atoms with van der Waals surface area (Å²) in [6.07, 6.45) is 9.17. The van der Waals surface area contributed by atoms with Crippen molar-refractivity contribution in [2.45, 2.75) is 51.9 Å². The van der Waals surface area contributed by atoms with Crippen molar-refractivity contribution in [3.05, 3.63) is 0 Å². The zero-order valence-electron chi connectivity index (χ0n) is 15.3. The summed E-state index contributed by atoms with van der Waals surface area (Å²) in [7, 11) is 1.83. The van der Waals surface area contributed by atoms with E-state index in [1.165, 1.54) is 38.5 Å². The lowest BCUT2D eigenvalue weighted by Crippen LogP contribution is -2.52. The van der Waals surface area contributed by atoms with Gasteiger partial charge in [0.25, 0.3) is 0 Å². The first kappa shape index (κ1) is 17.7. The third-order valence-corrected chi connectivity index (χ3v) is 6.22. The second-order valence-electron chi connectivity index (χ2n) is 8.72. The first-order valence-corrected chi connectivity index (χ1v) is 9.70. The molecule has 4 saturated carbocycles. The molecule has 4 rings (SSSR count). The van der Waals surface area contributed by atoms with E-state index in [0.717, 1.165) is 30.7 Å². The van der Waals surface area contributed by atoms with Gasteiger partial charge in [-0.25, -0.2) is 0 Å². The van der Waals surface area contributed by atoms with E-state index in [1.807, 2.05) is 14.0 Å². The van der Waals surface area contributed by atoms with Crippen molar-refractivity contribution >= 4 is 11.8 Å². The van der Waals surface area contributed by atoms with Crippen LogP contribution >= 0.6 is 0 Å². The van der Waals surface area contributed by atoms with Crippen LogP contribution in [0.25, 0.3) is 0 Å². The number of likely N-dealkylation sites (N-methyl/N-ethyl adjacent to an activating group) is 1. The molecule has 0 spiro atoms. The monoisotopic (exact) mass is 335 g/mol. The number of carbonyl (C=O) groups is 2. The molecule has 4 aliphatic rings. The number of amides is 2. The average molecular weight is 335 g/mol. The predicted octanol–water partition coefficient (Wildman–Crippen LogP) is 1.78.